The van der Waals surface area contributed by atoms with Crippen molar-refractivity contribution in [3.8, 4) is 0 Å². The highest BCUT2D eigenvalue weighted by molar-refractivity contribution is 5.42. The SMILES string of the molecule is Cc1nc(NC(C)C)ccc1[C@@H](N)c1ccccc1. The van der Waals surface area contributed by atoms with Gasteiger partial charge in [0.2, 0.25) is 0 Å². The number of nitrogens with two attached hydrogens (primary N) is 1. The molecule has 2 rings (SSSR count). The van der Waals surface area contributed by atoms with Crippen molar-refractivity contribution >= 4 is 5.82 Å². The number of rotatable bonds is 4. The van der Waals surface area contributed by atoms with Gasteiger partial charge in [-0.25, -0.2) is 4.98 Å². The zero-order valence-electron chi connectivity index (χ0n) is 11.7. The van der Waals surface area contributed by atoms with Crippen molar-refractivity contribution in [3.05, 3.63) is 59.3 Å². The number of aromatic nitrogens is 1. The lowest BCUT2D eigenvalue weighted by Gasteiger charge is -2.16. The summed E-state index contributed by atoms with van der Waals surface area (Å²) in [6.45, 7) is 6.20. The molecular weight excluding hydrogens is 234 g/mol. The van der Waals surface area contributed by atoms with Crippen molar-refractivity contribution in [1.29, 1.82) is 0 Å². The van der Waals surface area contributed by atoms with Crippen LogP contribution in [0.25, 0.3) is 0 Å². The second-order valence-electron chi connectivity index (χ2n) is 5.06. The molecule has 0 radical (unpaired) electrons. The number of aryl methyl sites for hydroxylation is 1. The first kappa shape index (κ1) is 13.6. The van der Waals surface area contributed by atoms with E-state index in [2.05, 4.69) is 30.2 Å². The van der Waals surface area contributed by atoms with E-state index in [1.54, 1.807) is 0 Å². The van der Waals surface area contributed by atoms with Crippen molar-refractivity contribution in [2.45, 2.75) is 32.9 Å². The van der Waals surface area contributed by atoms with Gasteiger partial charge in [0.05, 0.1) is 6.04 Å². The maximum Gasteiger partial charge on any atom is 0.126 e. The second kappa shape index (κ2) is 5.85. The van der Waals surface area contributed by atoms with E-state index in [0.717, 1.165) is 22.6 Å². The molecule has 0 unspecified atom stereocenters. The number of nitrogens with one attached hydrogen (secondary N) is 1. The zero-order chi connectivity index (χ0) is 13.8. The van der Waals surface area contributed by atoms with E-state index in [-0.39, 0.29) is 6.04 Å². The highest BCUT2D eigenvalue weighted by Crippen LogP contribution is 2.22. The van der Waals surface area contributed by atoms with Gasteiger partial charge in [-0.3, -0.25) is 0 Å². The standard InChI is InChI=1S/C16H21N3/c1-11(2)18-15-10-9-14(12(3)19-15)16(17)13-7-5-4-6-8-13/h4-11,16H,17H2,1-3H3,(H,18,19)/t16-/m0/s1. The van der Waals surface area contributed by atoms with E-state index in [1.165, 1.54) is 0 Å². The highest BCUT2D eigenvalue weighted by atomic mass is 15.0. The summed E-state index contributed by atoms with van der Waals surface area (Å²) in [6, 6.07) is 14.4. The molecule has 1 atom stereocenters. The topological polar surface area (TPSA) is 50.9 Å². The van der Waals surface area contributed by atoms with E-state index < -0.39 is 0 Å². The number of pyridine rings is 1. The van der Waals surface area contributed by atoms with E-state index in [1.807, 2.05) is 43.3 Å². The summed E-state index contributed by atoms with van der Waals surface area (Å²) < 4.78 is 0. The van der Waals surface area contributed by atoms with Crippen LogP contribution in [0.5, 0.6) is 0 Å². The molecule has 100 valence electrons. The molecule has 0 fully saturated rings. The number of hydrogen-bond donors (Lipinski definition) is 2. The van der Waals surface area contributed by atoms with Gasteiger partial charge in [0.1, 0.15) is 5.82 Å². The Morgan fingerprint density at radius 2 is 1.74 bits per heavy atom. The Labute approximate surface area is 114 Å². The van der Waals surface area contributed by atoms with Gasteiger partial charge in [-0.2, -0.15) is 0 Å². The van der Waals surface area contributed by atoms with Gasteiger partial charge in [0.15, 0.2) is 0 Å². The Morgan fingerprint density at radius 3 is 2.32 bits per heavy atom. The normalized spacial score (nSPS) is 12.5. The van der Waals surface area contributed by atoms with Gasteiger partial charge in [-0.05, 0) is 38.0 Å². The molecule has 1 heterocycles. The minimum absolute atomic E-state index is 0.123. The fourth-order valence-corrected chi connectivity index (χ4v) is 2.12. The number of benzene rings is 1. The highest BCUT2D eigenvalue weighted by Gasteiger charge is 2.12. The molecule has 2 aromatic rings. The summed E-state index contributed by atoms with van der Waals surface area (Å²) in [5.74, 6) is 0.900. The van der Waals surface area contributed by atoms with Crippen molar-refractivity contribution in [2.75, 3.05) is 5.32 Å². The maximum absolute atomic E-state index is 6.31. The molecule has 3 heteroatoms. The van der Waals surface area contributed by atoms with Crippen LogP contribution in [0.2, 0.25) is 0 Å². The Kier molecular flexibility index (Phi) is 4.17. The number of hydrogen-bond acceptors (Lipinski definition) is 3. The van der Waals surface area contributed by atoms with Gasteiger partial charge >= 0.3 is 0 Å². The summed E-state index contributed by atoms with van der Waals surface area (Å²) in [5.41, 5.74) is 9.46. The molecule has 1 aromatic carbocycles. The lowest BCUT2D eigenvalue weighted by Crippen LogP contribution is -2.16. The minimum Gasteiger partial charge on any atom is -0.368 e. The van der Waals surface area contributed by atoms with Gasteiger partial charge in [-0.1, -0.05) is 36.4 Å². The van der Waals surface area contributed by atoms with Crippen LogP contribution < -0.4 is 11.1 Å². The first-order valence-electron chi connectivity index (χ1n) is 6.62. The quantitative estimate of drug-likeness (QED) is 0.881. The van der Waals surface area contributed by atoms with E-state index in [4.69, 9.17) is 5.73 Å². The molecule has 19 heavy (non-hydrogen) atoms. The van der Waals surface area contributed by atoms with Crippen molar-refractivity contribution in [3.63, 3.8) is 0 Å². The van der Waals surface area contributed by atoms with Crippen LogP contribution >= 0.6 is 0 Å². The molecule has 0 saturated heterocycles. The molecule has 0 amide bonds. The number of nitrogens with zero attached hydrogens (tertiary/aromatic N) is 1. The second-order valence-corrected chi connectivity index (χ2v) is 5.06. The van der Waals surface area contributed by atoms with Gasteiger partial charge in [-0.15, -0.1) is 0 Å². The molecule has 3 N–H and O–H groups in total. The Bertz CT molecular complexity index is 535. The van der Waals surface area contributed by atoms with Crippen LogP contribution in [0.4, 0.5) is 5.82 Å². The summed E-state index contributed by atoms with van der Waals surface area (Å²) in [4.78, 5) is 4.57. The summed E-state index contributed by atoms with van der Waals surface area (Å²) in [5, 5.41) is 3.30. The predicted octanol–water partition coefficient (Wildman–Crippen LogP) is 3.26. The smallest absolute Gasteiger partial charge is 0.126 e. The maximum atomic E-state index is 6.31. The van der Waals surface area contributed by atoms with E-state index in [9.17, 15) is 0 Å². The third-order valence-corrected chi connectivity index (χ3v) is 3.06. The Morgan fingerprint density at radius 1 is 1.05 bits per heavy atom. The summed E-state index contributed by atoms with van der Waals surface area (Å²) in [6.07, 6.45) is 0. The van der Waals surface area contributed by atoms with Gasteiger partial charge in [0, 0.05) is 11.7 Å². The monoisotopic (exact) mass is 255 g/mol. The fraction of sp³-hybridized carbons (Fsp3) is 0.312. The molecule has 0 aliphatic rings. The van der Waals surface area contributed by atoms with Crippen LogP contribution in [0.3, 0.4) is 0 Å². The van der Waals surface area contributed by atoms with Crippen LogP contribution in [-0.4, -0.2) is 11.0 Å². The lowest BCUT2D eigenvalue weighted by atomic mass is 9.98. The molecular formula is C16H21N3. The Hall–Kier alpha value is -1.87. The third-order valence-electron chi connectivity index (χ3n) is 3.06. The molecule has 1 aromatic heterocycles. The number of anilines is 1. The van der Waals surface area contributed by atoms with Crippen molar-refractivity contribution in [1.82, 2.24) is 4.98 Å². The lowest BCUT2D eigenvalue weighted by molar-refractivity contribution is 0.841. The average Bonchev–Trinajstić information content (AvgIpc) is 2.38. The summed E-state index contributed by atoms with van der Waals surface area (Å²) in [7, 11) is 0. The minimum atomic E-state index is -0.123. The third kappa shape index (κ3) is 3.32. The van der Waals surface area contributed by atoms with Crippen LogP contribution in [0, 0.1) is 6.92 Å². The largest absolute Gasteiger partial charge is 0.368 e. The van der Waals surface area contributed by atoms with Crippen molar-refractivity contribution < 1.29 is 0 Å². The zero-order valence-corrected chi connectivity index (χ0v) is 11.7. The van der Waals surface area contributed by atoms with Gasteiger partial charge < -0.3 is 11.1 Å². The summed E-state index contributed by atoms with van der Waals surface area (Å²) >= 11 is 0. The molecule has 0 aliphatic heterocycles. The van der Waals surface area contributed by atoms with Crippen LogP contribution in [-0.2, 0) is 0 Å². The molecule has 0 aliphatic carbocycles. The Balaban J connectivity index is 2.26. The van der Waals surface area contributed by atoms with Crippen molar-refractivity contribution in [2.24, 2.45) is 5.73 Å². The fourth-order valence-electron chi connectivity index (χ4n) is 2.12. The molecule has 0 spiro atoms. The average molecular weight is 255 g/mol. The first-order valence-corrected chi connectivity index (χ1v) is 6.62. The predicted molar refractivity (Wildman–Crippen MR) is 80.2 cm³/mol. The first-order chi connectivity index (χ1) is 9.08. The molecule has 0 saturated carbocycles. The van der Waals surface area contributed by atoms with Crippen LogP contribution in [0.1, 0.15) is 36.7 Å². The molecule has 3 nitrogen and oxygen atoms in total. The van der Waals surface area contributed by atoms with E-state index in [0.29, 0.717) is 6.04 Å². The van der Waals surface area contributed by atoms with E-state index >= 15 is 0 Å². The van der Waals surface area contributed by atoms with Gasteiger partial charge in [0.25, 0.3) is 0 Å². The van der Waals surface area contributed by atoms with Crippen LogP contribution in [0.15, 0.2) is 42.5 Å². The molecule has 0 bridgehead atoms.